The molecule has 120 valence electrons. The lowest BCUT2D eigenvalue weighted by Gasteiger charge is -2.38. The average molecular weight is 318 g/mol. The molecule has 1 aromatic rings. The number of amides is 1. The van der Waals surface area contributed by atoms with Gasteiger partial charge in [-0.25, -0.2) is 0 Å². The molecule has 1 aliphatic carbocycles. The van der Waals surface area contributed by atoms with Crippen molar-refractivity contribution in [3.63, 3.8) is 0 Å². The van der Waals surface area contributed by atoms with Crippen LogP contribution in [-0.4, -0.2) is 40.9 Å². The molecule has 3 nitrogen and oxygen atoms in total. The van der Waals surface area contributed by atoms with Crippen LogP contribution in [0.25, 0.3) is 0 Å². The van der Waals surface area contributed by atoms with Crippen molar-refractivity contribution in [3.8, 4) is 0 Å². The number of hydrogen-bond acceptors (Lipinski definition) is 3. The molecule has 1 saturated carbocycles. The third-order valence-electron chi connectivity index (χ3n) is 5.81. The van der Waals surface area contributed by atoms with E-state index < -0.39 is 0 Å². The molecule has 0 aromatic carbocycles. The van der Waals surface area contributed by atoms with Gasteiger partial charge in [-0.15, -0.1) is 0 Å². The zero-order chi connectivity index (χ0) is 15.0. The Morgan fingerprint density at radius 1 is 1.23 bits per heavy atom. The molecule has 1 atom stereocenters. The van der Waals surface area contributed by atoms with Crippen molar-refractivity contribution in [2.75, 3.05) is 19.6 Å². The Balaban J connectivity index is 1.43. The van der Waals surface area contributed by atoms with E-state index in [9.17, 15) is 4.79 Å². The summed E-state index contributed by atoms with van der Waals surface area (Å²) in [6, 6.07) is 2.24. The van der Waals surface area contributed by atoms with Gasteiger partial charge in [-0.05, 0) is 73.4 Å². The van der Waals surface area contributed by atoms with Crippen molar-refractivity contribution in [1.82, 2.24) is 9.80 Å². The number of nitrogens with zero attached hydrogens (tertiary/aromatic N) is 2. The standard InChI is InChI=1S/C18H26N2OS/c21-17-4-7-18(20(17)13-15-2-3-15)6-1-9-19(10-8-18)12-16-5-11-22-14-16/h5,11,14-15H,1-4,6-10,12-13H2. The lowest BCUT2D eigenvalue weighted by Crippen LogP contribution is -2.47. The number of hydrogen-bond donors (Lipinski definition) is 0. The molecule has 0 radical (unpaired) electrons. The summed E-state index contributed by atoms with van der Waals surface area (Å²) in [5.74, 6) is 1.24. The zero-order valence-electron chi connectivity index (χ0n) is 13.3. The normalized spacial score (nSPS) is 30.2. The summed E-state index contributed by atoms with van der Waals surface area (Å²) < 4.78 is 0. The maximum atomic E-state index is 12.4. The molecule has 0 N–H and O–H groups in total. The van der Waals surface area contributed by atoms with Gasteiger partial charge in [-0.1, -0.05) is 0 Å². The first-order valence-corrected chi connectivity index (χ1v) is 9.73. The topological polar surface area (TPSA) is 23.6 Å². The van der Waals surface area contributed by atoms with Crippen LogP contribution in [0, 0.1) is 5.92 Å². The molecule has 1 spiro atoms. The van der Waals surface area contributed by atoms with E-state index in [1.165, 1.54) is 44.2 Å². The molecule has 1 aromatic heterocycles. The molecule has 22 heavy (non-hydrogen) atoms. The highest BCUT2D eigenvalue weighted by molar-refractivity contribution is 7.07. The smallest absolute Gasteiger partial charge is 0.223 e. The first-order chi connectivity index (χ1) is 10.8. The van der Waals surface area contributed by atoms with Crippen LogP contribution in [0.1, 0.15) is 50.5 Å². The van der Waals surface area contributed by atoms with Crippen molar-refractivity contribution >= 4 is 17.2 Å². The van der Waals surface area contributed by atoms with E-state index >= 15 is 0 Å². The summed E-state index contributed by atoms with van der Waals surface area (Å²) in [6.07, 6.45) is 8.19. The Morgan fingerprint density at radius 2 is 2.14 bits per heavy atom. The van der Waals surface area contributed by atoms with Gasteiger partial charge in [0.05, 0.1) is 0 Å². The van der Waals surface area contributed by atoms with E-state index in [0.717, 1.165) is 38.4 Å². The van der Waals surface area contributed by atoms with Crippen LogP contribution >= 0.6 is 11.3 Å². The number of carbonyl (C=O) groups excluding carboxylic acids is 1. The number of carbonyl (C=O) groups is 1. The molecule has 2 aliphatic heterocycles. The van der Waals surface area contributed by atoms with Gasteiger partial charge in [0.15, 0.2) is 0 Å². The fourth-order valence-electron chi connectivity index (χ4n) is 4.28. The first kappa shape index (κ1) is 14.7. The van der Waals surface area contributed by atoms with E-state index in [1.807, 2.05) is 0 Å². The van der Waals surface area contributed by atoms with Crippen LogP contribution in [0.3, 0.4) is 0 Å². The zero-order valence-corrected chi connectivity index (χ0v) is 14.1. The van der Waals surface area contributed by atoms with Gasteiger partial charge in [0.2, 0.25) is 5.91 Å². The fraction of sp³-hybridized carbons (Fsp3) is 0.722. The molecule has 3 aliphatic rings. The van der Waals surface area contributed by atoms with Gasteiger partial charge in [-0.3, -0.25) is 9.69 Å². The van der Waals surface area contributed by atoms with Crippen LogP contribution in [0.5, 0.6) is 0 Å². The Labute approximate surface area is 137 Å². The minimum atomic E-state index is 0.197. The second-order valence-corrected chi connectivity index (χ2v) is 8.21. The highest BCUT2D eigenvalue weighted by Gasteiger charge is 2.47. The predicted octanol–water partition coefficient (Wildman–Crippen LogP) is 3.51. The van der Waals surface area contributed by atoms with E-state index in [1.54, 1.807) is 11.3 Å². The van der Waals surface area contributed by atoms with Crippen molar-refractivity contribution in [1.29, 1.82) is 0 Å². The maximum Gasteiger partial charge on any atom is 0.223 e. The Hall–Kier alpha value is -0.870. The van der Waals surface area contributed by atoms with Crippen molar-refractivity contribution in [2.45, 2.75) is 57.0 Å². The van der Waals surface area contributed by atoms with Gasteiger partial charge in [0, 0.05) is 31.6 Å². The third kappa shape index (κ3) is 2.95. The highest BCUT2D eigenvalue weighted by atomic mass is 32.1. The van der Waals surface area contributed by atoms with E-state index in [4.69, 9.17) is 0 Å². The van der Waals surface area contributed by atoms with E-state index in [-0.39, 0.29) is 5.54 Å². The SMILES string of the molecule is O=C1CCC2(CCCN(Cc3ccsc3)CC2)N1CC1CC1. The van der Waals surface area contributed by atoms with E-state index in [2.05, 4.69) is 26.6 Å². The second-order valence-electron chi connectivity index (χ2n) is 7.43. The highest BCUT2D eigenvalue weighted by Crippen LogP contribution is 2.42. The monoisotopic (exact) mass is 318 g/mol. The van der Waals surface area contributed by atoms with Crippen LogP contribution in [0.15, 0.2) is 16.8 Å². The minimum absolute atomic E-state index is 0.197. The molecule has 4 heteroatoms. The van der Waals surface area contributed by atoms with Gasteiger partial charge in [0.1, 0.15) is 0 Å². The van der Waals surface area contributed by atoms with Crippen LogP contribution < -0.4 is 0 Å². The van der Waals surface area contributed by atoms with Crippen molar-refractivity contribution in [3.05, 3.63) is 22.4 Å². The first-order valence-electron chi connectivity index (χ1n) is 8.79. The van der Waals surface area contributed by atoms with Crippen molar-refractivity contribution < 1.29 is 4.79 Å². The Kier molecular flexibility index (Phi) is 3.99. The summed E-state index contributed by atoms with van der Waals surface area (Å²) >= 11 is 1.79. The number of rotatable bonds is 4. The van der Waals surface area contributed by atoms with Crippen LogP contribution in [-0.2, 0) is 11.3 Å². The molecule has 4 rings (SSSR count). The van der Waals surface area contributed by atoms with Crippen LogP contribution in [0.2, 0.25) is 0 Å². The molecule has 1 amide bonds. The summed E-state index contributed by atoms with van der Waals surface area (Å²) in [4.78, 5) is 17.3. The molecule has 3 fully saturated rings. The molecule has 0 bridgehead atoms. The van der Waals surface area contributed by atoms with Gasteiger partial charge < -0.3 is 4.90 Å². The minimum Gasteiger partial charge on any atom is -0.337 e. The Bertz CT molecular complexity index is 525. The average Bonchev–Trinajstić information content (AvgIpc) is 3.16. The molecular formula is C18H26N2OS. The quantitative estimate of drug-likeness (QED) is 0.848. The van der Waals surface area contributed by atoms with Crippen LogP contribution in [0.4, 0.5) is 0 Å². The lowest BCUT2D eigenvalue weighted by molar-refractivity contribution is -0.131. The predicted molar refractivity (Wildman–Crippen MR) is 89.8 cm³/mol. The molecule has 2 saturated heterocycles. The summed E-state index contributed by atoms with van der Waals surface area (Å²) in [5.41, 5.74) is 1.64. The third-order valence-corrected chi connectivity index (χ3v) is 6.54. The van der Waals surface area contributed by atoms with Crippen molar-refractivity contribution in [2.24, 2.45) is 5.92 Å². The molecule has 3 heterocycles. The molecular weight excluding hydrogens is 292 g/mol. The summed E-state index contributed by atoms with van der Waals surface area (Å²) in [6.45, 7) is 4.45. The maximum absolute atomic E-state index is 12.4. The second kappa shape index (κ2) is 5.97. The summed E-state index contributed by atoms with van der Waals surface area (Å²) in [5, 5.41) is 4.43. The van der Waals surface area contributed by atoms with E-state index in [0.29, 0.717) is 5.91 Å². The Morgan fingerprint density at radius 3 is 2.91 bits per heavy atom. The van der Waals surface area contributed by atoms with Gasteiger partial charge in [0.25, 0.3) is 0 Å². The fourth-order valence-corrected chi connectivity index (χ4v) is 4.94. The lowest BCUT2D eigenvalue weighted by atomic mass is 9.87. The number of likely N-dealkylation sites (tertiary alicyclic amines) is 2. The summed E-state index contributed by atoms with van der Waals surface area (Å²) in [7, 11) is 0. The number of thiophene rings is 1. The van der Waals surface area contributed by atoms with Gasteiger partial charge in [-0.2, -0.15) is 11.3 Å². The molecule has 1 unspecified atom stereocenters. The van der Waals surface area contributed by atoms with Gasteiger partial charge >= 0.3 is 0 Å². The largest absolute Gasteiger partial charge is 0.337 e.